The molecule has 0 bridgehead atoms. The summed E-state index contributed by atoms with van der Waals surface area (Å²) < 4.78 is 13.9. The highest BCUT2D eigenvalue weighted by molar-refractivity contribution is 6.05. The number of nitrogens with zero attached hydrogens (tertiary/aromatic N) is 1. The van der Waals surface area contributed by atoms with E-state index >= 15 is 0 Å². The van der Waals surface area contributed by atoms with Crippen molar-refractivity contribution in [2.24, 2.45) is 5.73 Å². The van der Waals surface area contributed by atoms with Crippen LogP contribution in [0.5, 0.6) is 0 Å². The Morgan fingerprint density at radius 1 is 1.45 bits per heavy atom. The molecule has 0 spiro atoms. The molecule has 1 saturated heterocycles. The summed E-state index contributed by atoms with van der Waals surface area (Å²) in [5, 5.41) is 6.87. The lowest BCUT2D eigenvalue weighted by atomic mass is 10.0. The van der Waals surface area contributed by atoms with Gasteiger partial charge in [0.15, 0.2) is 0 Å². The Bertz CT molecular complexity index is 650. The molecule has 122 valence electrons. The second kappa shape index (κ2) is 7.62. The third-order valence-electron chi connectivity index (χ3n) is 3.59. The number of aromatic nitrogens is 2. The summed E-state index contributed by atoms with van der Waals surface area (Å²) >= 11 is 0. The van der Waals surface area contributed by atoms with Crippen molar-refractivity contribution in [3.63, 3.8) is 0 Å². The summed E-state index contributed by atoms with van der Waals surface area (Å²) in [7, 11) is 0. The predicted molar refractivity (Wildman–Crippen MR) is 88.9 cm³/mol. The van der Waals surface area contributed by atoms with Crippen LogP contribution in [0.4, 0.5) is 10.1 Å². The molecule has 2 aromatic heterocycles. The van der Waals surface area contributed by atoms with Crippen LogP contribution in [0, 0.1) is 0 Å². The third kappa shape index (κ3) is 3.43. The Morgan fingerprint density at radius 3 is 2.91 bits per heavy atom. The Hall–Kier alpha value is -1.57. The molecule has 0 saturated carbocycles. The number of rotatable bonds is 3. The number of primary amides is 1. The van der Waals surface area contributed by atoms with Crippen LogP contribution in [-0.4, -0.2) is 41.2 Å². The molecule has 3 rings (SSSR count). The lowest BCUT2D eigenvalue weighted by molar-refractivity contribution is 0.100. The lowest BCUT2D eigenvalue weighted by Gasteiger charge is -2.29. The van der Waals surface area contributed by atoms with Gasteiger partial charge in [0.05, 0.1) is 17.3 Å². The van der Waals surface area contributed by atoms with E-state index < -0.39 is 12.1 Å². The Morgan fingerprint density at radius 2 is 2.23 bits per heavy atom. The second-order valence-corrected chi connectivity index (χ2v) is 4.91. The number of halogens is 3. The molecule has 0 aliphatic carbocycles. The number of nitrogens with two attached hydrogens (primary N) is 1. The topological polar surface area (TPSA) is 95.8 Å². The zero-order valence-electron chi connectivity index (χ0n) is 11.6. The van der Waals surface area contributed by atoms with E-state index in [1.165, 1.54) is 6.20 Å². The Balaban J connectivity index is 0.00000121. The van der Waals surface area contributed by atoms with Gasteiger partial charge in [0, 0.05) is 24.3 Å². The van der Waals surface area contributed by atoms with Gasteiger partial charge in [-0.1, -0.05) is 0 Å². The molecule has 0 aromatic carbocycles. The Kier molecular flexibility index (Phi) is 6.40. The number of hydrogen-bond donors (Lipinski definition) is 4. The molecule has 0 radical (unpaired) electrons. The molecule has 9 heteroatoms. The molecule has 1 amide bonds. The number of amides is 1. The van der Waals surface area contributed by atoms with Crippen molar-refractivity contribution in [1.82, 2.24) is 15.3 Å². The van der Waals surface area contributed by atoms with Gasteiger partial charge in [0.2, 0.25) is 0 Å². The fourth-order valence-electron chi connectivity index (χ4n) is 2.52. The number of piperidine rings is 1. The molecular weight excluding hydrogens is 332 g/mol. The highest BCUT2D eigenvalue weighted by Crippen LogP contribution is 2.27. The van der Waals surface area contributed by atoms with Gasteiger partial charge in [0.1, 0.15) is 11.8 Å². The van der Waals surface area contributed by atoms with E-state index in [0.717, 1.165) is 11.9 Å². The number of alkyl halides is 1. The zero-order valence-corrected chi connectivity index (χ0v) is 13.3. The summed E-state index contributed by atoms with van der Waals surface area (Å²) in [5.41, 5.74) is 6.85. The van der Waals surface area contributed by atoms with Gasteiger partial charge in [0.25, 0.3) is 5.91 Å². The smallest absolute Gasteiger partial charge is 0.252 e. The largest absolute Gasteiger partial charge is 0.378 e. The van der Waals surface area contributed by atoms with Crippen molar-refractivity contribution in [3.05, 3.63) is 24.0 Å². The number of anilines is 1. The quantitative estimate of drug-likeness (QED) is 0.676. The fourth-order valence-corrected chi connectivity index (χ4v) is 2.52. The van der Waals surface area contributed by atoms with Crippen LogP contribution in [-0.2, 0) is 0 Å². The van der Waals surface area contributed by atoms with E-state index in [-0.39, 0.29) is 36.4 Å². The minimum absolute atomic E-state index is 0. The first-order chi connectivity index (χ1) is 9.66. The lowest BCUT2D eigenvalue weighted by Crippen LogP contribution is -2.45. The van der Waals surface area contributed by atoms with E-state index in [9.17, 15) is 9.18 Å². The second-order valence-electron chi connectivity index (χ2n) is 4.91. The van der Waals surface area contributed by atoms with E-state index in [1.807, 2.05) is 0 Å². The molecule has 1 aliphatic heterocycles. The van der Waals surface area contributed by atoms with Crippen LogP contribution in [0.15, 0.2) is 18.5 Å². The van der Waals surface area contributed by atoms with Crippen molar-refractivity contribution in [2.45, 2.75) is 18.6 Å². The number of H-pyrrole nitrogens is 1. The van der Waals surface area contributed by atoms with Gasteiger partial charge in [-0.25, -0.2) is 9.37 Å². The van der Waals surface area contributed by atoms with Gasteiger partial charge >= 0.3 is 0 Å². The summed E-state index contributed by atoms with van der Waals surface area (Å²) in [6, 6.07) is 1.46. The maximum Gasteiger partial charge on any atom is 0.252 e. The summed E-state index contributed by atoms with van der Waals surface area (Å²) in [6.07, 6.45) is 2.78. The molecule has 3 heterocycles. The number of pyridine rings is 1. The molecule has 5 N–H and O–H groups in total. The van der Waals surface area contributed by atoms with Gasteiger partial charge in [-0.2, -0.15) is 0 Å². The minimum atomic E-state index is -1.01. The zero-order chi connectivity index (χ0) is 14.1. The summed E-state index contributed by atoms with van der Waals surface area (Å²) in [4.78, 5) is 18.6. The van der Waals surface area contributed by atoms with Crippen LogP contribution in [0.2, 0.25) is 0 Å². The van der Waals surface area contributed by atoms with E-state index in [1.54, 1.807) is 12.3 Å². The molecule has 1 fully saturated rings. The van der Waals surface area contributed by atoms with E-state index in [2.05, 4.69) is 20.6 Å². The fraction of sp³-hybridized carbons (Fsp3) is 0.385. The van der Waals surface area contributed by atoms with Gasteiger partial charge in [-0.05, 0) is 19.0 Å². The number of carbonyl (C=O) groups is 1. The first kappa shape index (κ1) is 18.5. The molecule has 2 aromatic rings. The highest BCUT2D eigenvalue weighted by Gasteiger charge is 2.26. The van der Waals surface area contributed by atoms with Gasteiger partial charge in [-0.15, -0.1) is 24.8 Å². The maximum atomic E-state index is 13.9. The van der Waals surface area contributed by atoms with Crippen LogP contribution in [0.25, 0.3) is 11.0 Å². The molecular formula is C13H18Cl2FN5O. The Labute approximate surface area is 139 Å². The first-order valence-corrected chi connectivity index (χ1v) is 6.54. The highest BCUT2D eigenvalue weighted by atomic mass is 35.5. The number of nitrogens with one attached hydrogen (secondary N) is 3. The van der Waals surface area contributed by atoms with Gasteiger partial charge in [-0.3, -0.25) is 4.79 Å². The summed E-state index contributed by atoms with van der Waals surface area (Å²) in [5.74, 6) is -0.576. The number of carbonyl (C=O) groups excluding carboxylic acids is 1. The molecule has 1 aliphatic rings. The van der Waals surface area contributed by atoms with E-state index in [0.29, 0.717) is 24.3 Å². The number of fused-ring (bicyclic) bond motifs is 1. The standard InChI is InChI=1S/C13H16FN5O.2ClH/c14-9-6-16-3-2-10(9)19-11-7-1-4-17-13(7)18-5-8(11)12(15)20;;/h1,4-5,9-10,16H,2-3,6H2,(H2,15,20)(H2,17,18,19);2*1H/t9-,10-;;/m1../s1. The predicted octanol–water partition coefficient (Wildman–Crippen LogP) is 1.62. The van der Waals surface area contributed by atoms with Crippen molar-refractivity contribution in [1.29, 1.82) is 0 Å². The molecule has 0 unspecified atom stereocenters. The van der Waals surface area contributed by atoms with Crippen LogP contribution >= 0.6 is 24.8 Å². The maximum absolute atomic E-state index is 13.9. The third-order valence-corrected chi connectivity index (χ3v) is 3.59. The monoisotopic (exact) mass is 349 g/mol. The van der Waals surface area contributed by atoms with Crippen molar-refractivity contribution in [3.8, 4) is 0 Å². The normalized spacial score (nSPS) is 20.8. The number of aromatic amines is 1. The van der Waals surface area contributed by atoms with Gasteiger partial charge < -0.3 is 21.4 Å². The summed E-state index contributed by atoms with van der Waals surface area (Å²) in [6.45, 7) is 1.05. The minimum Gasteiger partial charge on any atom is -0.378 e. The molecule has 2 atom stereocenters. The van der Waals surface area contributed by atoms with Crippen LogP contribution < -0.4 is 16.4 Å². The van der Waals surface area contributed by atoms with Crippen LogP contribution in [0.3, 0.4) is 0 Å². The van der Waals surface area contributed by atoms with Crippen molar-refractivity contribution in [2.75, 3.05) is 18.4 Å². The number of hydrogen-bond acceptors (Lipinski definition) is 4. The average molecular weight is 350 g/mol. The SMILES string of the molecule is Cl.Cl.NC(=O)c1cnc2[nH]ccc2c1N[C@@H]1CCNC[C@H]1F. The average Bonchev–Trinajstić information content (AvgIpc) is 2.90. The van der Waals surface area contributed by atoms with Crippen molar-refractivity contribution < 1.29 is 9.18 Å². The molecule has 6 nitrogen and oxygen atoms in total. The first-order valence-electron chi connectivity index (χ1n) is 6.54. The van der Waals surface area contributed by atoms with Crippen LogP contribution in [0.1, 0.15) is 16.8 Å². The van der Waals surface area contributed by atoms with Crippen molar-refractivity contribution >= 4 is 47.4 Å². The van der Waals surface area contributed by atoms with E-state index in [4.69, 9.17) is 5.73 Å². The molecule has 22 heavy (non-hydrogen) atoms.